The Labute approximate surface area is 158 Å². The van der Waals surface area contributed by atoms with Crippen LogP contribution in [-0.4, -0.2) is 34.2 Å². The van der Waals surface area contributed by atoms with Crippen molar-refractivity contribution >= 4 is 28.2 Å². The molecule has 2 heterocycles. The molecule has 0 bridgehead atoms. The minimum absolute atomic E-state index is 0.00236. The van der Waals surface area contributed by atoms with Crippen LogP contribution in [0.5, 0.6) is 0 Å². The highest BCUT2D eigenvalue weighted by Crippen LogP contribution is 2.34. The summed E-state index contributed by atoms with van der Waals surface area (Å²) in [5.41, 5.74) is 1.05. The van der Waals surface area contributed by atoms with Crippen LogP contribution in [0.4, 0.5) is 5.13 Å². The Balaban J connectivity index is 1.52. The summed E-state index contributed by atoms with van der Waals surface area (Å²) in [6, 6.07) is -0.235. The van der Waals surface area contributed by atoms with Gasteiger partial charge in [0.15, 0.2) is 5.13 Å². The zero-order chi connectivity index (χ0) is 17.9. The molecule has 1 aliphatic heterocycles. The van der Waals surface area contributed by atoms with E-state index in [0.29, 0.717) is 24.0 Å². The van der Waals surface area contributed by atoms with E-state index in [4.69, 9.17) is 0 Å². The van der Waals surface area contributed by atoms with Crippen molar-refractivity contribution in [2.45, 2.75) is 51.0 Å². The molecule has 1 saturated carbocycles. The summed E-state index contributed by atoms with van der Waals surface area (Å²) in [5, 5.41) is 5.48. The van der Waals surface area contributed by atoms with Crippen molar-refractivity contribution in [2.75, 3.05) is 11.9 Å². The van der Waals surface area contributed by atoms with Gasteiger partial charge in [-0.1, -0.05) is 44.3 Å². The van der Waals surface area contributed by atoms with Crippen molar-refractivity contribution in [2.24, 2.45) is 11.8 Å². The van der Waals surface area contributed by atoms with Gasteiger partial charge in [-0.05, 0) is 17.9 Å². The van der Waals surface area contributed by atoms with Crippen LogP contribution in [0.2, 0.25) is 0 Å². The molecule has 4 rings (SSSR count). The summed E-state index contributed by atoms with van der Waals surface area (Å²) in [4.78, 5) is 31.6. The summed E-state index contributed by atoms with van der Waals surface area (Å²) in [7, 11) is 0. The molecular formula is C20H25N3O2S. The van der Waals surface area contributed by atoms with Crippen molar-refractivity contribution < 1.29 is 9.59 Å². The summed E-state index contributed by atoms with van der Waals surface area (Å²) < 4.78 is 0. The maximum absolute atomic E-state index is 13.0. The molecule has 0 spiro atoms. The third-order valence-electron chi connectivity index (χ3n) is 5.78. The van der Waals surface area contributed by atoms with Gasteiger partial charge in [-0.2, -0.15) is 0 Å². The number of anilines is 1. The van der Waals surface area contributed by atoms with E-state index in [0.717, 1.165) is 12.0 Å². The average Bonchev–Trinajstić information content (AvgIpc) is 3.30. The lowest BCUT2D eigenvalue weighted by Crippen LogP contribution is -2.43. The first-order valence-electron chi connectivity index (χ1n) is 9.58. The molecule has 3 aliphatic rings. The highest BCUT2D eigenvalue weighted by Gasteiger charge is 2.37. The number of aromatic nitrogens is 1. The number of thiazole rings is 1. The number of hydrogen-bond donors (Lipinski definition) is 1. The van der Waals surface area contributed by atoms with Gasteiger partial charge in [-0.3, -0.25) is 9.59 Å². The molecule has 138 valence electrons. The maximum Gasteiger partial charge on any atom is 0.248 e. The Morgan fingerprint density at radius 2 is 2.19 bits per heavy atom. The zero-order valence-electron chi connectivity index (χ0n) is 14.9. The third kappa shape index (κ3) is 3.75. The monoisotopic (exact) mass is 371 g/mol. The van der Waals surface area contributed by atoms with Crippen molar-refractivity contribution in [3.05, 3.63) is 35.5 Å². The normalized spacial score (nSPS) is 24.3. The lowest BCUT2D eigenvalue weighted by atomic mass is 9.84. The van der Waals surface area contributed by atoms with Crippen LogP contribution in [-0.2, 0) is 9.59 Å². The topological polar surface area (TPSA) is 62.3 Å². The minimum Gasteiger partial charge on any atom is -0.364 e. The number of amides is 1. The summed E-state index contributed by atoms with van der Waals surface area (Å²) in [5.74, 6) is 0.778. The van der Waals surface area contributed by atoms with Gasteiger partial charge in [0.2, 0.25) is 5.91 Å². The third-order valence-corrected chi connectivity index (χ3v) is 6.46. The molecule has 6 heteroatoms. The standard InChI is InChI=1S/C20H25N3O2S/c24-18-8-4-7-15-12-23(13-16(15)18)17(11-14-5-2-1-3-6-14)19(25)22-20-21-9-10-26-20/h4,7,9-10,12,14,16-17H,1-3,5-6,8,11,13H2,(H,21,22,25). The first-order chi connectivity index (χ1) is 12.7. The van der Waals surface area contributed by atoms with Gasteiger partial charge >= 0.3 is 0 Å². The number of ketones is 1. The molecule has 1 N–H and O–H groups in total. The quantitative estimate of drug-likeness (QED) is 0.856. The molecule has 1 aromatic heterocycles. The molecule has 2 aliphatic carbocycles. The number of nitrogens with one attached hydrogen (secondary N) is 1. The van der Waals surface area contributed by atoms with Crippen LogP contribution in [0.3, 0.4) is 0 Å². The fourth-order valence-corrected chi connectivity index (χ4v) is 4.91. The summed E-state index contributed by atoms with van der Waals surface area (Å²) in [6.07, 6.45) is 15.3. The molecule has 5 nitrogen and oxygen atoms in total. The Bertz CT molecular complexity index is 719. The van der Waals surface area contributed by atoms with Gasteiger partial charge < -0.3 is 10.2 Å². The molecule has 1 fully saturated rings. The Morgan fingerprint density at radius 1 is 1.35 bits per heavy atom. The number of allylic oxidation sites excluding steroid dienone is 2. The zero-order valence-corrected chi connectivity index (χ0v) is 15.7. The van der Waals surface area contributed by atoms with Crippen molar-refractivity contribution in [3.8, 4) is 0 Å². The molecule has 2 unspecified atom stereocenters. The van der Waals surface area contributed by atoms with Crippen LogP contribution in [0, 0.1) is 11.8 Å². The number of carbonyl (C=O) groups is 2. The van der Waals surface area contributed by atoms with E-state index in [1.165, 1.54) is 43.4 Å². The molecule has 0 aromatic carbocycles. The van der Waals surface area contributed by atoms with E-state index in [9.17, 15) is 9.59 Å². The van der Waals surface area contributed by atoms with Crippen LogP contribution in [0.15, 0.2) is 35.5 Å². The molecule has 26 heavy (non-hydrogen) atoms. The fraction of sp³-hybridized carbons (Fsp3) is 0.550. The molecule has 0 saturated heterocycles. The molecule has 1 aromatic rings. The van der Waals surface area contributed by atoms with Crippen LogP contribution in [0.1, 0.15) is 44.9 Å². The van der Waals surface area contributed by atoms with Crippen LogP contribution in [0.25, 0.3) is 0 Å². The largest absolute Gasteiger partial charge is 0.364 e. The Hall–Kier alpha value is -1.95. The predicted molar refractivity (Wildman–Crippen MR) is 103 cm³/mol. The van der Waals surface area contributed by atoms with Gasteiger partial charge in [-0.15, -0.1) is 11.3 Å². The number of rotatable bonds is 5. The highest BCUT2D eigenvalue weighted by atomic mass is 32.1. The van der Waals surface area contributed by atoms with Gasteiger partial charge in [0.05, 0.1) is 5.92 Å². The second kappa shape index (κ2) is 7.74. The summed E-state index contributed by atoms with van der Waals surface area (Å²) >= 11 is 1.44. The van der Waals surface area contributed by atoms with Crippen molar-refractivity contribution in [1.29, 1.82) is 0 Å². The molecule has 2 atom stereocenters. The van der Waals surface area contributed by atoms with Gasteiger partial charge in [0.1, 0.15) is 11.8 Å². The van der Waals surface area contributed by atoms with Crippen LogP contribution >= 0.6 is 11.3 Å². The van der Waals surface area contributed by atoms with Crippen molar-refractivity contribution in [3.63, 3.8) is 0 Å². The van der Waals surface area contributed by atoms with E-state index in [1.54, 1.807) is 6.20 Å². The van der Waals surface area contributed by atoms with E-state index < -0.39 is 0 Å². The van der Waals surface area contributed by atoms with Gasteiger partial charge in [-0.25, -0.2) is 4.98 Å². The molecule has 0 radical (unpaired) electrons. The SMILES string of the molecule is O=C1CC=CC2=CN(C(CC3CCCCC3)C(=O)Nc3nccs3)CC12. The van der Waals surface area contributed by atoms with E-state index in [1.807, 2.05) is 23.7 Å². The number of Topliss-reactive ketones (excluding diaryl/α,β-unsaturated/α-hetero) is 1. The number of fused-ring (bicyclic) bond motifs is 1. The minimum atomic E-state index is -0.235. The highest BCUT2D eigenvalue weighted by molar-refractivity contribution is 7.13. The Kier molecular flexibility index (Phi) is 5.20. The van der Waals surface area contributed by atoms with Gasteiger partial charge in [0, 0.05) is 30.7 Å². The first-order valence-corrected chi connectivity index (χ1v) is 10.5. The first kappa shape index (κ1) is 17.5. The number of carbonyl (C=O) groups excluding carboxylic acids is 2. The average molecular weight is 372 g/mol. The second-order valence-corrected chi connectivity index (χ2v) is 8.43. The van der Waals surface area contributed by atoms with Gasteiger partial charge in [0.25, 0.3) is 0 Å². The fourth-order valence-electron chi connectivity index (χ4n) is 4.37. The van der Waals surface area contributed by atoms with E-state index >= 15 is 0 Å². The van der Waals surface area contributed by atoms with Crippen LogP contribution < -0.4 is 5.32 Å². The predicted octanol–water partition coefficient (Wildman–Crippen LogP) is 3.77. The second-order valence-electron chi connectivity index (χ2n) is 7.53. The Morgan fingerprint density at radius 3 is 2.92 bits per heavy atom. The lowest BCUT2D eigenvalue weighted by Gasteiger charge is -2.32. The lowest BCUT2D eigenvalue weighted by molar-refractivity contribution is -0.123. The van der Waals surface area contributed by atoms with E-state index in [-0.39, 0.29) is 23.7 Å². The smallest absolute Gasteiger partial charge is 0.248 e. The molecular weight excluding hydrogens is 346 g/mol. The van der Waals surface area contributed by atoms with E-state index in [2.05, 4.69) is 15.2 Å². The summed E-state index contributed by atoms with van der Waals surface area (Å²) in [6.45, 7) is 0.626. The molecule has 1 amide bonds. The maximum atomic E-state index is 13.0. The number of nitrogens with zero attached hydrogens (tertiary/aromatic N) is 2. The number of hydrogen-bond acceptors (Lipinski definition) is 5. The van der Waals surface area contributed by atoms with Crippen molar-refractivity contribution in [1.82, 2.24) is 9.88 Å².